The largest absolute Gasteiger partial charge is 0.456 e. The Morgan fingerprint density at radius 2 is 1.79 bits per heavy atom. The number of nitrogens with zero attached hydrogens (tertiary/aromatic N) is 2. The molecule has 0 aliphatic rings. The number of amides is 1. The number of rotatable bonds is 8. The summed E-state index contributed by atoms with van der Waals surface area (Å²) in [5, 5.41) is 2.40. The van der Waals surface area contributed by atoms with Gasteiger partial charge in [-0.05, 0) is 24.6 Å². The molecule has 3 aromatic rings. The van der Waals surface area contributed by atoms with Gasteiger partial charge in [0.2, 0.25) is 5.78 Å². The number of ketones is 1. The number of aromatic nitrogens is 2. The van der Waals surface area contributed by atoms with Crippen LogP contribution in [0.4, 0.5) is 5.82 Å². The maximum absolute atomic E-state index is 12.6. The van der Waals surface area contributed by atoms with E-state index in [4.69, 9.17) is 10.5 Å². The predicted octanol–water partition coefficient (Wildman–Crippen LogP) is 0.703. The molecule has 1 amide bonds. The van der Waals surface area contributed by atoms with Crippen molar-refractivity contribution in [3.05, 3.63) is 84.2 Å². The number of anilines is 1. The Morgan fingerprint density at radius 3 is 2.42 bits per heavy atom. The van der Waals surface area contributed by atoms with E-state index in [2.05, 4.69) is 5.32 Å². The van der Waals surface area contributed by atoms with Crippen LogP contribution < -0.4 is 22.3 Å². The first-order valence-corrected chi connectivity index (χ1v) is 10.7. The third kappa shape index (κ3) is 5.44. The molecule has 0 bridgehead atoms. The number of nitrogen functional groups attached to an aromatic ring is 1. The number of Topliss-reactive ketones (excluding diaryl/α,β-unsaturated/α-hetero) is 1. The Labute approximate surface area is 192 Å². The first-order valence-electron chi connectivity index (χ1n) is 9.85. The van der Waals surface area contributed by atoms with E-state index in [9.17, 15) is 24.0 Å². The van der Waals surface area contributed by atoms with Gasteiger partial charge in [-0.2, -0.15) is 0 Å². The van der Waals surface area contributed by atoms with Crippen LogP contribution in [-0.4, -0.2) is 39.9 Å². The molecule has 0 radical (unpaired) electrons. The summed E-state index contributed by atoms with van der Waals surface area (Å²) in [5.41, 5.74) is 4.74. The van der Waals surface area contributed by atoms with Crippen LogP contribution >= 0.6 is 11.3 Å². The Hall–Kier alpha value is -3.99. The fourth-order valence-electron chi connectivity index (χ4n) is 3.03. The van der Waals surface area contributed by atoms with Crippen molar-refractivity contribution < 1.29 is 19.1 Å². The number of nitrogens with one attached hydrogen (secondary N) is 1. The van der Waals surface area contributed by atoms with Gasteiger partial charge in [0.25, 0.3) is 11.5 Å². The van der Waals surface area contributed by atoms with Gasteiger partial charge in [-0.15, -0.1) is 11.3 Å². The number of carbonyl (C=O) groups is 3. The van der Waals surface area contributed by atoms with Crippen LogP contribution in [0.3, 0.4) is 0 Å². The van der Waals surface area contributed by atoms with Crippen LogP contribution in [0.2, 0.25) is 0 Å². The molecule has 0 saturated carbocycles. The van der Waals surface area contributed by atoms with E-state index in [1.807, 2.05) is 13.0 Å². The number of carbonyl (C=O) groups excluding carboxylic acids is 3. The van der Waals surface area contributed by atoms with E-state index in [0.29, 0.717) is 4.88 Å². The van der Waals surface area contributed by atoms with Gasteiger partial charge in [-0.25, -0.2) is 4.79 Å². The molecule has 2 heterocycles. The van der Waals surface area contributed by atoms with Gasteiger partial charge in [0, 0.05) is 11.9 Å². The maximum atomic E-state index is 12.6. The van der Waals surface area contributed by atoms with E-state index < -0.39 is 47.6 Å². The van der Waals surface area contributed by atoms with Crippen molar-refractivity contribution in [2.45, 2.75) is 13.5 Å². The summed E-state index contributed by atoms with van der Waals surface area (Å²) in [7, 11) is 1.23. The second-order valence-electron chi connectivity index (χ2n) is 7.16. The lowest BCUT2D eigenvalue weighted by Gasteiger charge is -2.14. The summed E-state index contributed by atoms with van der Waals surface area (Å²) in [6, 6.07) is 12.3. The molecule has 0 unspecified atom stereocenters. The van der Waals surface area contributed by atoms with Gasteiger partial charge in [0.15, 0.2) is 6.61 Å². The normalized spacial score (nSPS) is 10.6. The van der Waals surface area contributed by atoms with E-state index in [1.165, 1.54) is 18.4 Å². The Bertz CT molecular complexity index is 1320. The minimum absolute atomic E-state index is 0.0495. The van der Waals surface area contributed by atoms with E-state index in [-0.39, 0.29) is 12.4 Å². The number of benzene rings is 1. The minimum atomic E-state index is -0.885. The molecule has 10 nitrogen and oxygen atoms in total. The zero-order chi connectivity index (χ0) is 24.1. The molecule has 11 heteroatoms. The third-order valence-electron chi connectivity index (χ3n) is 4.77. The van der Waals surface area contributed by atoms with Crippen LogP contribution in [0.5, 0.6) is 0 Å². The Balaban J connectivity index is 1.70. The van der Waals surface area contributed by atoms with Gasteiger partial charge in [0.05, 0.1) is 11.4 Å². The van der Waals surface area contributed by atoms with E-state index >= 15 is 0 Å². The number of nitrogens with two attached hydrogens (primary N) is 1. The lowest BCUT2D eigenvalue weighted by Crippen LogP contribution is -2.43. The molecule has 0 atom stereocenters. The highest BCUT2D eigenvalue weighted by Crippen LogP contribution is 2.14. The van der Waals surface area contributed by atoms with Gasteiger partial charge >= 0.3 is 11.7 Å². The minimum Gasteiger partial charge on any atom is -0.456 e. The standard InChI is InChI=1S/C22H22N4O6S/c1-13-8-9-16(33-13)20(29)24-10-17(28)32-12-15(27)18-19(23)26(22(31)25(2)21(18)30)11-14-6-4-3-5-7-14/h3-9H,10-12,23H2,1-2H3,(H,24,29). The van der Waals surface area contributed by atoms with Gasteiger partial charge in [-0.1, -0.05) is 30.3 Å². The molecule has 33 heavy (non-hydrogen) atoms. The molecule has 172 valence electrons. The van der Waals surface area contributed by atoms with Crippen molar-refractivity contribution in [1.29, 1.82) is 0 Å². The molecule has 1 aromatic carbocycles. The van der Waals surface area contributed by atoms with Crippen molar-refractivity contribution >= 4 is 34.8 Å². The monoisotopic (exact) mass is 470 g/mol. The fourth-order valence-corrected chi connectivity index (χ4v) is 3.81. The maximum Gasteiger partial charge on any atom is 0.332 e. The zero-order valence-electron chi connectivity index (χ0n) is 18.0. The predicted molar refractivity (Wildman–Crippen MR) is 123 cm³/mol. The number of hydrogen-bond acceptors (Lipinski definition) is 8. The highest BCUT2D eigenvalue weighted by molar-refractivity contribution is 7.13. The smallest absolute Gasteiger partial charge is 0.332 e. The molecular weight excluding hydrogens is 448 g/mol. The average molecular weight is 471 g/mol. The fraction of sp³-hybridized carbons (Fsp3) is 0.227. The SMILES string of the molecule is Cc1ccc(C(=O)NCC(=O)OCC(=O)c2c(N)n(Cc3ccccc3)c(=O)n(C)c2=O)s1. The lowest BCUT2D eigenvalue weighted by atomic mass is 10.2. The number of hydrogen-bond donors (Lipinski definition) is 2. The summed E-state index contributed by atoms with van der Waals surface area (Å²) in [6.45, 7) is 0.675. The summed E-state index contributed by atoms with van der Waals surface area (Å²) >= 11 is 1.27. The highest BCUT2D eigenvalue weighted by Gasteiger charge is 2.23. The second kappa shape index (κ2) is 10.1. The molecule has 3 rings (SSSR count). The molecule has 3 N–H and O–H groups in total. The van der Waals surface area contributed by atoms with Crippen molar-refractivity contribution in [1.82, 2.24) is 14.5 Å². The molecule has 0 aliphatic heterocycles. The van der Waals surface area contributed by atoms with Crippen LogP contribution in [0.1, 0.15) is 30.5 Å². The Morgan fingerprint density at radius 1 is 1.09 bits per heavy atom. The van der Waals surface area contributed by atoms with Crippen LogP contribution in [0.25, 0.3) is 0 Å². The number of esters is 1. The van der Waals surface area contributed by atoms with Gasteiger partial charge < -0.3 is 15.8 Å². The van der Waals surface area contributed by atoms with Crippen molar-refractivity contribution in [2.24, 2.45) is 7.05 Å². The topological polar surface area (TPSA) is 142 Å². The Kier molecular flexibility index (Phi) is 7.23. The molecule has 2 aromatic heterocycles. The van der Waals surface area contributed by atoms with E-state index in [1.54, 1.807) is 36.4 Å². The lowest BCUT2D eigenvalue weighted by molar-refractivity contribution is -0.141. The molecule has 0 fully saturated rings. The molecule has 0 aliphatic carbocycles. The van der Waals surface area contributed by atoms with Gasteiger partial charge in [-0.3, -0.25) is 28.3 Å². The third-order valence-corrected chi connectivity index (χ3v) is 5.77. The van der Waals surface area contributed by atoms with Gasteiger partial charge in [0.1, 0.15) is 17.9 Å². The molecule has 0 saturated heterocycles. The summed E-state index contributed by atoms with van der Waals surface area (Å²) < 4.78 is 6.78. The molecule has 0 spiro atoms. The van der Waals surface area contributed by atoms with E-state index in [0.717, 1.165) is 19.6 Å². The zero-order valence-corrected chi connectivity index (χ0v) is 18.8. The first kappa shape index (κ1) is 23.7. The van der Waals surface area contributed by atoms with Crippen LogP contribution in [0, 0.1) is 6.92 Å². The number of aryl methyl sites for hydroxylation is 1. The summed E-state index contributed by atoms with van der Waals surface area (Å²) in [6.07, 6.45) is 0. The summed E-state index contributed by atoms with van der Waals surface area (Å²) in [4.78, 5) is 63.1. The van der Waals surface area contributed by atoms with Crippen molar-refractivity contribution in [3.63, 3.8) is 0 Å². The molecular formula is C22H22N4O6S. The van der Waals surface area contributed by atoms with Crippen LogP contribution in [-0.2, 0) is 23.1 Å². The van der Waals surface area contributed by atoms with Crippen LogP contribution in [0.15, 0.2) is 52.1 Å². The average Bonchev–Trinajstić information content (AvgIpc) is 3.24. The number of thiophene rings is 1. The van der Waals surface area contributed by atoms with Crippen molar-refractivity contribution in [3.8, 4) is 0 Å². The van der Waals surface area contributed by atoms with Crippen molar-refractivity contribution in [2.75, 3.05) is 18.9 Å². The highest BCUT2D eigenvalue weighted by atomic mass is 32.1. The quantitative estimate of drug-likeness (QED) is 0.364. The summed E-state index contributed by atoms with van der Waals surface area (Å²) in [5.74, 6) is -2.47. The number of ether oxygens (including phenoxy) is 1. The second-order valence-corrected chi connectivity index (χ2v) is 8.44. The first-order chi connectivity index (χ1) is 15.7.